The lowest BCUT2D eigenvalue weighted by Gasteiger charge is -2.41. The summed E-state index contributed by atoms with van der Waals surface area (Å²) in [5.41, 5.74) is 0. The topological polar surface area (TPSA) is 49.4 Å². The van der Waals surface area contributed by atoms with E-state index in [1.165, 1.54) is 0 Å². The standard InChI is InChI=1S/C12H22N2O2S/c1-5-9-12(16)14(8(3)7-17-4)10(6-2)11(15)13-9/h8-10H,5-7H2,1-4H3,(H,13,15). The summed E-state index contributed by atoms with van der Waals surface area (Å²) in [6.45, 7) is 5.89. The highest BCUT2D eigenvalue weighted by molar-refractivity contribution is 7.98. The van der Waals surface area contributed by atoms with Gasteiger partial charge in [-0.15, -0.1) is 0 Å². The van der Waals surface area contributed by atoms with E-state index in [0.29, 0.717) is 12.8 Å². The summed E-state index contributed by atoms with van der Waals surface area (Å²) in [7, 11) is 0. The predicted octanol–water partition coefficient (Wildman–Crippen LogP) is 1.25. The largest absolute Gasteiger partial charge is 0.343 e. The van der Waals surface area contributed by atoms with Crippen molar-refractivity contribution in [3.05, 3.63) is 0 Å². The smallest absolute Gasteiger partial charge is 0.246 e. The van der Waals surface area contributed by atoms with E-state index in [0.717, 1.165) is 5.75 Å². The minimum absolute atomic E-state index is 0.00750. The minimum atomic E-state index is -0.338. The molecule has 0 bridgehead atoms. The fourth-order valence-electron chi connectivity index (χ4n) is 2.29. The molecule has 4 nitrogen and oxygen atoms in total. The van der Waals surface area contributed by atoms with Gasteiger partial charge in [0.1, 0.15) is 12.1 Å². The monoisotopic (exact) mass is 258 g/mol. The SMILES string of the molecule is CCC1NC(=O)C(CC)N(C(C)CSC)C1=O. The van der Waals surface area contributed by atoms with Crippen LogP contribution in [-0.4, -0.2) is 46.8 Å². The Morgan fingerprint density at radius 1 is 1.35 bits per heavy atom. The van der Waals surface area contributed by atoms with Crippen LogP contribution in [0.15, 0.2) is 0 Å². The summed E-state index contributed by atoms with van der Waals surface area (Å²) in [4.78, 5) is 26.0. The average molecular weight is 258 g/mol. The number of carbonyl (C=O) groups excluding carboxylic acids is 2. The van der Waals surface area contributed by atoms with E-state index in [1.807, 2.05) is 27.0 Å². The Morgan fingerprint density at radius 2 is 2.00 bits per heavy atom. The summed E-state index contributed by atoms with van der Waals surface area (Å²) >= 11 is 1.70. The van der Waals surface area contributed by atoms with Crippen molar-refractivity contribution in [1.29, 1.82) is 0 Å². The first-order chi connectivity index (χ1) is 8.06. The Bertz CT molecular complexity index is 296. The van der Waals surface area contributed by atoms with Gasteiger partial charge in [-0.25, -0.2) is 0 Å². The van der Waals surface area contributed by atoms with Gasteiger partial charge >= 0.3 is 0 Å². The van der Waals surface area contributed by atoms with Gasteiger partial charge in [-0.3, -0.25) is 9.59 Å². The maximum absolute atomic E-state index is 12.3. The van der Waals surface area contributed by atoms with Gasteiger partial charge in [-0.1, -0.05) is 13.8 Å². The molecule has 0 aliphatic carbocycles. The Kier molecular flexibility index (Phi) is 5.31. The highest BCUT2D eigenvalue weighted by Crippen LogP contribution is 2.19. The minimum Gasteiger partial charge on any atom is -0.343 e. The predicted molar refractivity (Wildman–Crippen MR) is 71.0 cm³/mol. The lowest BCUT2D eigenvalue weighted by Crippen LogP contribution is -2.65. The van der Waals surface area contributed by atoms with Crippen molar-refractivity contribution in [2.24, 2.45) is 0 Å². The number of nitrogens with one attached hydrogen (secondary N) is 1. The molecule has 98 valence electrons. The molecule has 1 rings (SSSR count). The van der Waals surface area contributed by atoms with Crippen molar-refractivity contribution in [1.82, 2.24) is 10.2 Å². The maximum atomic E-state index is 12.3. The van der Waals surface area contributed by atoms with E-state index >= 15 is 0 Å². The summed E-state index contributed by atoms with van der Waals surface area (Å²) in [6.07, 6.45) is 3.35. The Hall–Kier alpha value is -0.710. The molecule has 1 heterocycles. The molecule has 5 heteroatoms. The summed E-state index contributed by atoms with van der Waals surface area (Å²) in [5, 5.41) is 2.81. The van der Waals surface area contributed by atoms with Gasteiger partial charge in [-0.2, -0.15) is 11.8 Å². The molecule has 0 aromatic carbocycles. The second kappa shape index (κ2) is 6.28. The highest BCUT2D eigenvalue weighted by Gasteiger charge is 2.40. The molecular weight excluding hydrogens is 236 g/mol. The molecule has 1 saturated heterocycles. The molecule has 3 unspecified atom stereocenters. The fourth-order valence-corrected chi connectivity index (χ4v) is 2.94. The Morgan fingerprint density at radius 3 is 2.47 bits per heavy atom. The molecule has 0 saturated carbocycles. The number of hydrogen-bond donors (Lipinski definition) is 1. The molecule has 17 heavy (non-hydrogen) atoms. The third-order valence-corrected chi connectivity index (χ3v) is 4.00. The number of carbonyl (C=O) groups is 2. The van der Waals surface area contributed by atoms with Gasteiger partial charge < -0.3 is 10.2 Å². The summed E-state index contributed by atoms with van der Waals surface area (Å²) in [6, 6.07) is -0.524. The fraction of sp³-hybridized carbons (Fsp3) is 0.833. The van der Waals surface area contributed by atoms with Crippen LogP contribution in [0.1, 0.15) is 33.6 Å². The maximum Gasteiger partial charge on any atom is 0.246 e. The van der Waals surface area contributed by atoms with Crippen LogP contribution in [0.4, 0.5) is 0 Å². The van der Waals surface area contributed by atoms with E-state index in [4.69, 9.17) is 0 Å². The molecule has 0 radical (unpaired) electrons. The van der Waals surface area contributed by atoms with Gasteiger partial charge in [0.05, 0.1) is 0 Å². The lowest BCUT2D eigenvalue weighted by molar-refractivity contribution is -0.151. The normalized spacial score (nSPS) is 26.9. The van der Waals surface area contributed by atoms with Crippen LogP contribution in [0, 0.1) is 0 Å². The number of thioether (sulfide) groups is 1. The molecule has 2 amide bonds. The zero-order valence-electron chi connectivity index (χ0n) is 11.0. The van der Waals surface area contributed by atoms with Crippen LogP contribution < -0.4 is 5.32 Å². The number of amides is 2. The first-order valence-electron chi connectivity index (χ1n) is 6.18. The van der Waals surface area contributed by atoms with E-state index in [9.17, 15) is 9.59 Å². The van der Waals surface area contributed by atoms with Gasteiger partial charge in [0.15, 0.2) is 0 Å². The second-order valence-corrected chi connectivity index (χ2v) is 5.35. The Balaban J connectivity index is 2.92. The van der Waals surface area contributed by atoms with Crippen molar-refractivity contribution in [3.8, 4) is 0 Å². The average Bonchev–Trinajstić information content (AvgIpc) is 2.31. The highest BCUT2D eigenvalue weighted by atomic mass is 32.2. The van der Waals surface area contributed by atoms with Crippen molar-refractivity contribution >= 4 is 23.6 Å². The van der Waals surface area contributed by atoms with Gasteiger partial charge in [0.2, 0.25) is 11.8 Å². The van der Waals surface area contributed by atoms with E-state index in [-0.39, 0.29) is 29.9 Å². The zero-order chi connectivity index (χ0) is 13.0. The molecular formula is C12H22N2O2S. The molecule has 1 N–H and O–H groups in total. The van der Waals surface area contributed by atoms with Crippen LogP contribution in [0.5, 0.6) is 0 Å². The van der Waals surface area contributed by atoms with Gasteiger partial charge in [0.25, 0.3) is 0 Å². The molecule has 1 fully saturated rings. The van der Waals surface area contributed by atoms with Crippen molar-refractivity contribution in [3.63, 3.8) is 0 Å². The lowest BCUT2D eigenvalue weighted by atomic mass is 10.0. The molecule has 3 atom stereocenters. The number of piperazine rings is 1. The first-order valence-corrected chi connectivity index (χ1v) is 7.57. The quantitative estimate of drug-likeness (QED) is 0.807. The molecule has 1 aliphatic rings. The second-order valence-electron chi connectivity index (χ2n) is 4.44. The van der Waals surface area contributed by atoms with Gasteiger partial charge in [0, 0.05) is 11.8 Å². The van der Waals surface area contributed by atoms with Crippen molar-refractivity contribution in [2.45, 2.75) is 51.7 Å². The third-order valence-electron chi connectivity index (χ3n) is 3.19. The summed E-state index contributed by atoms with van der Waals surface area (Å²) in [5.74, 6) is 0.929. The van der Waals surface area contributed by atoms with Crippen LogP contribution in [0.2, 0.25) is 0 Å². The van der Waals surface area contributed by atoms with E-state index < -0.39 is 0 Å². The molecule has 0 aromatic heterocycles. The molecule has 1 aliphatic heterocycles. The van der Waals surface area contributed by atoms with Gasteiger partial charge in [-0.05, 0) is 26.0 Å². The summed E-state index contributed by atoms with van der Waals surface area (Å²) < 4.78 is 0. The van der Waals surface area contributed by atoms with E-state index in [2.05, 4.69) is 5.32 Å². The van der Waals surface area contributed by atoms with E-state index in [1.54, 1.807) is 16.7 Å². The van der Waals surface area contributed by atoms with Crippen LogP contribution >= 0.6 is 11.8 Å². The van der Waals surface area contributed by atoms with Crippen LogP contribution in [-0.2, 0) is 9.59 Å². The zero-order valence-corrected chi connectivity index (χ0v) is 11.8. The van der Waals surface area contributed by atoms with Crippen molar-refractivity contribution in [2.75, 3.05) is 12.0 Å². The number of nitrogens with zero attached hydrogens (tertiary/aromatic N) is 1. The van der Waals surface area contributed by atoms with Crippen LogP contribution in [0.25, 0.3) is 0 Å². The molecule has 0 aromatic rings. The third kappa shape index (κ3) is 2.94. The molecule has 0 spiro atoms. The first kappa shape index (κ1) is 14.4. The number of hydrogen-bond acceptors (Lipinski definition) is 3. The number of rotatable bonds is 5. The van der Waals surface area contributed by atoms with Crippen LogP contribution in [0.3, 0.4) is 0 Å². The Labute approximate surface area is 108 Å². The van der Waals surface area contributed by atoms with Crippen molar-refractivity contribution < 1.29 is 9.59 Å².